The lowest BCUT2D eigenvalue weighted by atomic mass is 9.30. The fourth-order valence-corrected chi connectivity index (χ4v) is 17.6. The van der Waals surface area contributed by atoms with Crippen molar-refractivity contribution in [3.8, 4) is 0 Å². The van der Waals surface area contributed by atoms with Gasteiger partial charge >= 0.3 is 0 Å². The first-order valence-electron chi connectivity index (χ1n) is 27.1. The van der Waals surface area contributed by atoms with Gasteiger partial charge in [0, 0.05) is 22.7 Å². The van der Waals surface area contributed by atoms with Gasteiger partial charge in [-0.3, -0.25) is 5.26 Å². The van der Waals surface area contributed by atoms with Gasteiger partial charge in [-0.2, -0.15) is 0 Å². The Hall–Kier alpha value is -1.17. The van der Waals surface area contributed by atoms with E-state index in [-0.39, 0.29) is 45.8 Å². The van der Waals surface area contributed by atoms with Crippen molar-refractivity contribution in [2.75, 3.05) is 26.4 Å². The summed E-state index contributed by atoms with van der Waals surface area (Å²) in [4.78, 5) is 17.0. The van der Waals surface area contributed by atoms with Crippen LogP contribution in [-0.4, -0.2) is 222 Å². The van der Waals surface area contributed by atoms with E-state index >= 15 is 0 Å². The maximum Gasteiger partial charge on any atom is 0.187 e. The lowest BCUT2D eigenvalue weighted by Gasteiger charge is -2.75. The normalized spacial score (nSPS) is 58.1. The Bertz CT molecular complexity index is 2020. The number of hydrogen-bond donors (Lipinski definition) is 12. The number of carbonyl (C=O) groups excluding carboxylic acids is 1. The molecule has 424 valence electrons. The molecule has 4 heterocycles. The van der Waals surface area contributed by atoms with Crippen molar-refractivity contribution >= 4 is 6.29 Å². The number of aliphatic hydroxyl groups excluding tert-OH is 11. The van der Waals surface area contributed by atoms with Gasteiger partial charge in [0.15, 0.2) is 18.9 Å². The van der Waals surface area contributed by atoms with E-state index in [1.165, 1.54) is 0 Å². The monoisotopic (exact) mass is 1060 g/mol. The first-order chi connectivity index (χ1) is 34.8. The number of rotatable bonds is 11. The van der Waals surface area contributed by atoms with E-state index in [9.17, 15) is 66.2 Å². The SMILES string of the molecule is CC1(C)C2CC[C@]3(C)C(CCC45OCC6(CC[C@](C)(C=O)CC64)[C@H](O)C[C@]53C)[C@@]2(C)CC[C@@H]1OC1OCC(OC2OC(CO)C(O)C(O)C2OC2OCC(O)C(O)C2O)C(O)C1OC1CC(OO)C(O)C(O)C1O. The third-order valence-corrected chi connectivity index (χ3v) is 22.2. The highest BCUT2D eigenvalue weighted by Crippen LogP contribution is 2.80. The van der Waals surface area contributed by atoms with E-state index < -0.39 is 159 Å². The smallest absolute Gasteiger partial charge is 0.187 e. The molecule has 29 atom stereocenters. The van der Waals surface area contributed by atoms with Crippen LogP contribution in [0.15, 0.2) is 0 Å². The highest BCUT2D eigenvalue weighted by molar-refractivity contribution is 5.59. The van der Waals surface area contributed by atoms with Gasteiger partial charge < -0.3 is 98.9 Å². The Labute approximate surface area is 431 Å². The van der Waals surface area contributed by atoms with Crippen LogP contribution in [0.5, 0.6) is 0 Å². The Morgan fingerprint density at radius 2 is 1.28 bits per heavy atom. The van der Waals surface area contributed by atoms with Crippen LogP contribution in [0, 0.1) is 50.2 Å². The van der Waals surface area contributed by atoms with Gasteiger partial charge in [0.2, 0.25) is 0 Å². The summed E-state index contributed by atoms with van der Waals surface area (Å²) in [5, 5.41) is 130. The van der Waals surface area contributed by atoms with Gasteiger partial charge in [-0.25, -0.2) is 4.89 Å². The van der Waals surface area contributed by atoms with Crippen LogP contribution in [0.1, 0.15) is 112 Å². The van der Waals surface area contributed by atoms with Crippen LogP contribution >= 0.6 is 0 Å². The van der Waals surface area contributed by atoms with Gasteiger partial charge in [-0.1, -0.05) is 41.5 Å². The summed E-state index contributed by atoms with van der Waals surface area (Å²) in [6.45, 7) is 12.5. The standard InChI is InChI=1S/C52H84O22/c1-46(2)28-7-11-49(5)29(8-12-52-30-16-47(3,21-54)13-14-51(30,22-68-52)31(56)17-50(49,52)6)48(28,4)10-9-32(46)72-44-41(69-24-15-25(74-65)35(59)38(62)34(24)58)37(61)27(20-67-44)71-45-42(39(63)36(60)26(18-53)70-45)73-43-40(64)33(57)23(55)19-66-43/h21,23-45,53,55-65H,7-20,22H2,1-6H3/t23?,24?,25?,26?,27?,28?,29?,30?,31-,32+,33?,34?,35?,36?,37?,38?,39?,40?,41?,42?,43?,44?,45?,47+,48+,49-,50+,51?,52?/m1/s1. The largest absolute Gasteiger partial charge is 0.394 e. The summed E-state index contributed by atoms with van der Waals surface area (Å²) >= 11 is 0. The van der Waals surface area contributed by atoms with Gasteiger partial charge in [0.1, 0.15) is 91.7 Å². The molecule has 74 heavy (non-hydrogen) atoms. The molecule has 10 fully saturated rings. The van der Waals surface area contributed by atoms with Crippen molar-refractivity contribution in [2.24, 2.45) is 50.2 Å². The molecule has 0 amide bonds. The molecule has 10 aliphatic rings. The quantitative estimate of drug-likeness (QED) is 0.0512. The van der Waals surface area contributed by atoms with Crippen LogP contribution in [0.2, 0.25) is 0 Å². The molecule has 0 aromatic carbocycles. The zero-order valence-corrected chi connectivity index (χ0v) is 43.4. The van der Waals surface area contributed by atoms with E-state index in [1.54, 1.807) is 0 Å². The third-order valence-electron chi connectivity index (χ3n) is 22.2. The third kappa shape index (κ3) is 8.31. The van der Waals surface area contributed by atoms with Gasteiger partial charge in [0.25, 0.3) is 0 Å². The van der Waals surface area contributed by atoms with Crippen LogP contribution in [0.25, 0.3) is 0 Å². The van der Waals surface area contributed by atoms with Crippen LogP contribution in [-0.2, 0) is 47.6 Å². The van der Waals surface area contributed by atoms with Crippen LogP contribution < -0.4 is 0 Å². The van der Waals surface area contributed by atoms with Crippen molar-refractivity contribution in [3.63, 3.8) is 0 Å². The molecule has 2 bridgehead atoms. The summed E-state index contributed by atoms with van der Waals surface area (Å²) in [6.07, 6.45) is -21.7. The molecule has 1 spiro atoms. The summed E-state index contributed by atoms with van der Waals surface area (Å²) in [7, 11) is 0. The number of aliphatic hydroxyl groups is 11. The van der Waals surface area contributed by atoms with Crippen molar-refractivity contribution in [1.29, 1.82) is 0 Å². The molecular formula is C52H84O22. The van der Waals surface area contributed by atoms with E-state index in [4.69, 9.17) is 37.9 Å². The highest BCUT2D eigenvalue weighted by atomic mass is 17.1. The molecule has 23 unspecified atom stereocenters. The number of hydrogen-bond acceptors (Lipinski definition) is 22. The maximum atomic E-state index is 12.6. The zero-order chi connectivity index (χ0) is 53.5. The molecule has 0 aromatic heterocycles. The summed E-state index contributed by atoms with van der Waals surface area (Å²) < 4.78 is 50.4. The molecule has 4 saturated heterocycles. The number of aldehydes is 1. The topological polar surface area (TPSA) is 343 Å². The van der Waals surface area contributed by atoms with Crippen molar-refractivity contribution in [3.05, 3.63) is 0 Å². The number of fused-ring (bicyclic) bond motifs is 4. The fourth-order valence-electron chi connectivity index (χ4n) is 17.6. The van der Waals surface area contributed by atoms with Crippen molar-refractivity contribution in [1.82, 2.24) is 0 Å². The van der Waals surface area contributed by atoms with E-state index in [2.05, 4.69) is 46.4 Å². The Morgan fingerprint density at radius 1 is 0.595 bits per heavy atom. The Kier molecular flexibility index (Phi) is 15.0. The summed E-state index contributed by atoms with van der Waals surface area (Å²) in [5.41, 5.74) is -2.54. The van der Waals surface area contributed by atoms with E-state index in [1.807, 2.05) is 0 Å². The minimum atomic E-state index is -1.85. The second-order valence-electron chi connectivity index (χ2n) is 26.0. The fraction of sp³-hybridized carbons (Fsp3) is 0.981. The van der Waals surface area contributed by atoms with Crippen LogP contribution in [0.3, 0.4) is 0 Å². The average molecular weight is 1060 g/mol. The summed E-state index contributed by atoms with van der Waals surface area (Å²) in [5.74, 6) is 0.470. The maximum absolute atomic E-state index is 12.6. The van der Waals surface area contributed by atoms with Crippen molar-refractivity contribution in [2.45, 2.75) is 240 Å². The summed E-state index contributed by atoms with van der Waals surface area (Å²) in [6, 6.07) is 0. The number of carbonyl (C=O) groups is 1. The molecule has 22 heteroatoms. The molecule has 22 nitrogen and oxygen atoms in total. The Morgan fingerprint density at radius 3 is 1.99 bits per heavy atom. The molecule has 6 saturated carbocycles. The minimum absolute atomic E-state index is 0.0746. The molecule has 10 rings (SSSR count). The minimum Gasteiger partial charge on any atom is -0.394 e. The van der Waals surface area contributed by atoms with E-state index in [0.29, 0.717) is 25.9 Å². The average Bonchev–Trinajstić information content (AvgIpc) is 3.65. The second kappa shape index (κ2) is 19.8. The highest BCUT2D eigenvalue weighted by Gasteiger charge is 2.80. The zero-order valence-electron chi connectivity index (χ0n) is 43.4. The number of ether oxygens (including phenoxy) is 8. The molecule has 12 N–H and O–H groups in total. The second-order valence-corrected chi connectivity index (χ2v) is 26.0. The Balaban J connectivity index is 0.901. The lowest BCUT2D eigenvalue weighted by molar-refractivity contribution is -0.383. The molecule has 4 aliphatic heterocycles. The first-order valence-corrected chi connectivity index (χ1v) is 27.1. The van der Waals surface area contributed by atoms with Gasteiger partial charge in [-0.15, -0.1) is 0 Å². The molecule has 0 radical (unpaired) electrons. The predicted octanol–water partition coefficient (Wildman–Crippen LogP) is -0.980. The lowest BCUT2D eigenvalue weighted by Crippen LogP contribution is -2.74. The molecular weight excluding hydrogens is 977 g/mol. The first kappa shape index (κ1) is 56.1. The van der Waals surface area contributed by atoms with Crippen LogP contribution in [0.4, 0.5) is 0 Å². The molecule has 0 aromatic rings. The van der Waals surface area contributed by atoms with E-state index in [0.717, 1.165) is 51.2 Å². The van der Waals surface area contributed by atoms with Gasteiger partial charge in [0.05, 0.1) is 50.3 Å². The van der Waals surface area contributed by atoms with Crippen molar-refractivity contribution < 1.29 is 109 Å². The predicted molar refractivity (Wildman–Crippen MR) is 251 cm³/mol. The van der Waals surface area contributed by atoms with Gasteiger partial charge in [-0.05, 0) is 98.2 Å². The molecule has 6 aliphatic carbocycles.